The van der Waals surface area contributed by atoms with Gasteiger partial charge in [-0.25, -0.2) is 4.98 Å². The molecule has 3 nitrogen and oxygen atoms in total. The van der Waals surface area contributed by atoms with Crippen LogP contribution in [0.4, 0.5) is 0 Å². The van der Waals surface area contributed by atoms with Crippen LogP contribution in [0.2, 0.25) is 0 Å². The largest absolute Gasteiger partial charge is 0.508 e. The van der Waals surface area contributed by atoms with Gasteiger partial charge in [0.15, 0.2) is 0 Å². The minimum Gasteiger partial charge on any atom is -0.508 e. The Morgan fingerprint density at radius 3 is 2.92 bits per heavy atom. The highest BCUT2D eigenvalue weighted by Crippen LogP contribution is 2.33. The van der Waals surface area contributed by atoms with Gasteiger partial charge < -0.3 is 5.11 Å². The topological polar surface area (TPSA) is 36.4 Å². The lowest BCUT2D eigenvalue weighted by molar-refractivity contribution is 0.151. The molecule has 0 saturated carbocycles. The minimum atomic E-state index is 0.387. The number of phenolic OH excluding ortho intramolecular Hbond substituents is 1. The first-order valence-corrected chi connectivity index (χ1v) is 9.44. The van der Waals surface area contributed by atoms with Crippen molar-refractivity contribution in [1.82, 2.24) is 9.88 Å². The molecule has 124 valence electrons. The number of aromatic hydroxyl groups is 1. The number of hydrogen-bond acceptors (Lipinski definition) is 4. The van der Waals surface area contributed by atoms with Gasteiger partial charge in [0.1, 0.15) is 10.8 Å². The Kier molecular flexibility index (Phi) is 4.25. The summed E-state index contributed by atoms with van der Waals surface area (Å²) in [6, 6.07) is 14.7. The van der Waals surface area contributed by atoms with Crippen LogP contribution in [0.3, 0.4) is 0 Å². The van der Waals surface area contributed by atoms with Crippen molar-refractivity contribution in [3.63, 3.8) is 0 Å². The van der Waals surface area contributed by atoms with E-state index < -0.39 is 0 Å². The third kappa shape index (κ3) is 3.04. The van der Waals surface area contributed by atoms with E-state index in [4.69, 9.17) is 4.98 Å². The lowest BCUT2D eigenvalue weighted by Gasteiger charge is -2.33. The van der Waals surface area contributed by atoms with Gasteiger partial charge in [-0.15, -0.1) is 11.3 Å². The number of benzene rings is 2. The monoisotopic (exact) mass is 338 g/mol. The zero-order chi connectivity index (χ0) is 16.5. The van der Waals surface area contributed by atoms with Crippen LogP contribution in [0.25, 0.3) is 20.8 Å². The summed E-state index contributed by atoms with van der Waals surface area (Å²) in [4.78, 5) is 7.21. The van der Waals surface area contributed by atoms with E-state index >= 15 is 0 Å². The highest BCUT2D eigenvalue weighted by molar-refractivity contribution is 7.21. The number of nitrogens with zero attached hydrogens (tertiary/aromatic N) is 2. The van der Waals surface area contributed by atoms with Crippen molar-refractivity contribution in [3.05, 3.63) is 48.0 Å². The summed E-state index contributed by atoms with van der Waals surface area (Å²) in [5.41, 5.74) is 3.13. The van der Waals surface area contributed by atoms with Gasteiger partial charge in [0.2, 0.25) is 0 Å². The quantitative estimate of drug-likeness (QED) is 0.726. The van der Waals surface area contributed by atoms with E-state index in [2.05, 4.69) is 24.0 Å². The van der Waals surface area contributed by atoms with Gasteiger partial charge in [-0.2, -0.15) is 0 Å². The first kappa shape index (κ1) is 15.6. The smallest absolute Gasteiger partial charge is 0.124 e. The van der Waals surface area contributed by atoms with Crippen molar-refractivity contribution >= 4 is 21.6 Å². The molecule has 1 N–H and O–H groups in total. The maximum Gasteiger partial charge on any atom is 0.124 e. The second-order valence-electron chi connectivity index (χ2n) is 6.65. The molecule has 1 saturated heterocycles. The molecule has 4 rings (SSSR count). The van der Waals surface area contributed by atoms with Gasteiger partial charge >= 0.3 is 0 Å². The molecule has 0 amide bonds. The Balaban J connectivity index is 1.65. The first-order chi connectivity index (χ1) is 11.7. The van der Waals surface area contributed by atoms with Gasteiger partial charge in [-0.3, -0.25) is 4.90 Å². The summed E-state index contributed by atoms with van der Waals surface area (Å²) in [5, 5.41) is 11.3. The van der Waals surface area contributed by atoms with E-state index in [0.717, 1.165) is 34.7 Å². The molecule has 0 radical (unpaired) electrons. The molecule has 4 heteroatoms. The lowest BCUT2D eigenvalue weighted by Crippen LogP contribution is -2.36. The lowest BCUT2D eigenvalue weighted by atomic mass is 10.0. The molecule has 1 aliphatic heterocycles. The van der Waals surface area contributed by atoms with Crippen molar-refractivity contribution in [2.24, 2.45) is 0 Å². The van der Waals surface area contributed by atoms with Gasteiger partial charge in [-0.05, 0) is 56.6 Å². The Morgan fingerprint density at radius 2 is 2.08 bits per heavy atom. The molecule has 1 unspecified atom stereocenters. The first-order valence-electron chi connectivity index (χ1n) is 8.62. The van der Waals surface area contributed by atoms with E-state index in [0.29, 0.717) is 11.8 Å². The molecule has 0 spiro atoms. The van der Waals surface area contributed by atoms with Crippen LogP contribution in [0.15, 0.2) is 42.5 Å². The van der Waals surface area contributed by atoms with Crippen LogP contribution in [0.5, 0.6) is 5.75 Å². The van der Waals surface area contributed by atoms with Crippen LogP contribution in [0.1, 0.15) is 31.7 Å². The fourth-order valence-corrected chi connectivity index (χ4v) is 4.41. The Hall–Kier alpha value is -1.91. The zero-order valence-corrected chi connectivity index (χ0v) is 14.7. The number of piperidine rings is 1. The molecule has 0 bridgehead atoms. The molecule has 3 aromatic rings. The van der Waals surface area contributed by atoms with Gasteiger partial charge in [-0.1, -0.05) is 18.6 Å². The number of rotatable bonds is 3. The maximum atomic E-state index is 10.3. The van der Waals surface area contributed by atoms with Gasteiger partial charge in [0.25, 0.3) is 0 Å². The van der Waals surface area contributed by atoms with Crippen molar-refractivity contribution < 1.29 is 5.11 Å². The van der Waals surface area contributed by atoms with E-state index in [-0.39, 0.29) is 0 Å². The Labute approximate surface area is 146 Å². The summed E-state index contributed by atoms with van der Waals surface area (Å²) < 4.78 is 1.20. The van der Waals surface area contributed by atoms with Gasteiger partial charge in [0, 0.05) is 23.7 Å². The van der Waals surface area contributed by atoms with Crippen LogP contribution in [0, 0.1) is 0 Å². The number of likely N-dealkylation sites (tertiary alicyclic amines) is 1. The predicted molar refractivity (Wildman–Crippen MR) is 100 cm³/mol. The predicted octanol–water partition coefficient (Wildman–Crippen LogP) is 5.04. The van der Waals surface area contributed by atoms with E-state index in [1.54, 1.807) is 11.3 Å². The molecule has 1 aromatic heterocycles. The summed E-state index contributed by atoms with van der Waals surface area (Å²) in [6.07, 6.45) is 3.82. The number of fused-ring (bicyclic) bond motifs is 1. The van der Waals surface area contributed by atoms with Crippen LogP contribution in [-0.4, -0.2) is 27.6 Å². The molecule has 2 aromatic carbocycles. The molecule has 0 aliphatic carbocycles. The van der Waals surface area contributed by atoms with E-state index in [9.17, 15) is 5.11 Å². The van der Waals surface area contributed by atoms with Crippen LogP contribution in [-0.2, 0) is 6.54 Å². The SMILES string of the molecule is CC1CCCCN1Cc1cc(-c2nc3ccccc3s2)ccc1O. The highest BCUT2D eigenvalue weighted by Gasteiger charge is 2.20. The maximum absolute atomic E-state index is 10.3. The number of aromatic nitrogens is 1. The molecule has 2 heterocycles. The molecule has 1 fully saturated rings. The Bertz CT molecular complexity index is 825. The average Bonchev–Trinajstić information content (AvgIpc) is 3.03. The van der Waals surface area contributed by atoms with Crippen molar-refractivity contribution in [3.8, 4) is 16.3 Å². The molecular formula is C20H22N2OS. The number of phenols is 1. The second kappa shape index (κ2) is 6.54. The second-order valence-corrected chi connectivity index (χ2v) is 7.68. The summed E-state index contributed by atoms with van der Waals surface area (Å²) in [7, 11) is 0. The minimum absolute atomic E-state index is 0.387. The highest BCUT2D eigenvalue weighted by atomic mass is 32.1. The van der Waals surface area contributed by atoms with Crippen LogP contribution < -0.4 is 0 Å². The Morgan fingerprint density at radius 1 is 1.21 bits per heavy atom. The molecule has 1 aliphatic rings. The fraction of sp³-hybridized carbons (Fsp3) is 0.350. The fourth-order valence-electron chi connectivity index (χ4n) is 3.45. The molecular weight excluding hydrogens is 316 g/mol. The van der Waals surface area contributed by atoms with Crippen LogP contribution >= 0.6 is 11.3 Å². The van der Waals surface area contributed by atoms with Crippen molar-refractivity contribution in [1.29, 1.82) is 0 Å². The normalized spacial score (nSPS) is 19.0. The van der Waals surface area contributed by atoms with Gasteiger partial charge in [0.05, 0.1) is 10.2 Å². The average molecular weight is 338 g/mol. The third-order valence-corrected chi connectivity index (χ3v) is 6.02. The summed E-state index contributed by atoms with van der Waals surface area (Å²) >= 11 is 1.71. The number of hydrogen-bond donors (Lipinski definition) is 1. The van der Waals surface area contributed by atoms with Crippen molar-refractivity contribution in [2.75, 3.05) is 6.54 Å². The van der Waals surface area contributed by atoms with E-state index in [1.807, 2.05) is 30.3 Å². The molecule has 1 atom stereocenters. The standard InChI is InChI=1S/C20H22N2OS/c1-14-6-4-5-11-22(14)13-16-12-15(9-10-18(16)23)20-21-17-7-2-3-8-19(17)24-20/h2-3,7-10,12,14,23H,4-6,11,13H2,1H3. The zero-order valence-electron chi connectivity index (χ0n) is 13.9. The van der Waals surface area contributed by atoms with E-state index in [1.165, 1.54) is 24.0 Å². The van der Waals surface area contributed by atoms with Crippen molar-refractivity contribution in [2.45, 2.75) is 38.8 Å². The number of para-hydroxylation sites is 1. The number of thiazole rings is 1. The third-order valence-electron chi connectivity index (χ3n) is 4.93. The summed E-state index contributed by atoms with van der Waals surface area (Å²) in [6.45, 7) is 4.21. The summed E-state index contributed by atoms with van der Waals surface area (Å²) in [5.74, 6) is 0.387. The molecule has 24 heavy (non-hydrogen) atoms.